The van der Waals surface area contributed by atoms with Gasteiger partial charge in [0.2, 0.25) is 15.9 Å². The molecule has 1 N–H and O–H groups in total. The molecule has 2 aromatic rings. The first kappa shape index (κ1) is 19.8. The van der Waals surface area contributed by atoms with Gasteiger partial charge in [0.05, 0.1) is 11.9 Å². The maximum absolute atomic E-state index is 13.6. The van der Waals surface area contributed by atoms with Gasteiger partial charge < -0.3 is 5.32 Å². The molecule has 0 aliphatic carbocycles. The van der Waals surface area contributed by atoms with E-state index in [0.717, 1.165) is 18.4 Å². The van der Waals surface area contributed by atoms with Crippen molar-refractivity contribution in [2.75, 3.05) is 10.6 Å². The number of carbonyl (C=O) groups is 1. The molecule has 0 saturated carbocycles. The van der Waals surface area contributed by atoms with Crippen LogP contribution >= 0.6 is 0 Å². The Labute approximate surface area is 149 Å². The molecule has 0 radical (unpaired) electrons. The summed E-state index contributed by atoms with van der Waals surface area (Å²) in [5.74, 6) is -3.61. The molecule has 0 saturated heterocycles. The van der Waals surface area contributed by atoms with Crippen LogP contribution in [0.25, 0.3) is 0 Å². The van der Waals surface area contributed by atoms with Crippen LogP contribution < -0.4 is 9.62 Å². The molecule has 9 heteroatoms. The van der Waals surface area contributed by atoms with Crippen LogP contribution in [-0.2, 0) is 21.4 Å². The zero-order valence-corrected chi connectivity index (χ0v) is 14.9. The summed E-state index contributed by atoms with van der Waals surface area (Å²) < 4.78 is 65.0. The molecule has 2 aromatic carbocycles. The summed E-state index contributed by atoms with van der Waals surface area (Å²) in [6, 6.07) is 7.06. The van der Waals surface area contributed by atoms with Crippen molar-refractivity contribution in [2.24, 2.45) is 0 Å². The molecule has 140 valence electrons. The Morgan fingerprint density at radius 2 is 1.73 bits per heavy atom. The highest BCUT2D eigenvalue weighted by atomic mass is 32.2. The number of hydrogen-bond acceptors (Lipinski definition) is 3. The lowest BCUT2D eigenvalue weighted by molar-refractivity contribution is -0.122. The topological polar surface area (TPSA) is 66.5 Å². The Balaban J connectivity index is 2.23. The van der Waals surface area contributed by atoms with E-state index in [1.807, 2.05) is 0 Å². The quantitative estimate of drug-likeness (QED) is 0.830. The Kier molecular flexibility index (Phi) is 5.91. The van der Waals surface area contributed by atoms with Gasteiger partial charge in [-0.25, -0.2) is 21.6 Å². The predicted octanol–water partition coefficient (Wildman–Crippen LogP) is 2.57. The van der Waals surface area contributed by atoms with Crippen molar-refractivity contribution in [1.82, 2.24) is 5.32 Å². The summed E-state index contributed by atoms with van der Waals surface area (Å²) in [7, 11) is -3.97. The van der Waals surface area contributed by atoms with Gasteiger partial charge in [-0.15, -0.1) is 0 Å². The van der Waals surface area contributed by atoms with E-state index in [9.17, 15) is 26.4 Å². The number of benzene rings is 2. The second-order valence-electron chi connectivity index (χ2n) is 5.64. The molecule has 1 atom stereocenters. The van der Waals surface area contributed by atoms with Crippen molar-refractivity contribution in [3.63, 3.8) is 0 Å². The average Bonchev–Trinajstić information content (AvgIpc) is 2.56. The van der Waals surface area contributed by atoms with E-state index in [1.54, 1.807) is 6.07 Å². The maximum atomic E-state index is 13.6. The minimum absolute atomic E-state index is 0.148. The number of nitrogens with zero attached hydrogens (tertiary/aromatic N) is 1. The number of amides is 1. The smallest absolute Gasteiger partial charge is 0.243 e. The van der Waals surface area contributed by atoms with Crippen molar-refractivity contribution in [1.29, 1.82) is 0 Å². The fraction of sp³-hybridized carbons (Fsp3) is 0.235. The SMILES string of the molecule is CC(C(=O)NCc1ccccc1F)N(c1ccc(F)c(F)c1)S(C)(=O)=O. The minimum atomic E-state index is -3.97. The van der Waals surface area contributed by atoms with Crippen LogP contribution in [0.2, 0.25) is 0 Å². The summed E-state index contributed by atoms with van der Waals surface area (Å²) in [4.78, 5) is 12.3. The van der Waals surface area contributed by atoms with Crippen LogP contribution in [0.1, 0.15) is 12.5 Å². The molecule has 0 aromatic heterocycles. The number of carbonyl (C=O) groups excluding carboxylic acids is 1. The molecule has 26 heavy (non-hydrogen) atoms. The van der Waals surface area contributed by atoms with Gasteiger partial charge in [0.25, 0.3) is 0 Å². The number of hydrogen-bond donors (Lipinski definition) is 1. The van der Waals surface area contributed by atoms with Crippen LogP contribution in [0.15, 0.2) is 42.5 Å². The first-order chi connectivity index (χ1) is 12.1. The molecule has 0 bridgehead atoms. The normalized spacial score (nSPS) is 12.5. The van der Waals surface area contributed by atoms with E-state index < -0.39 is 39.4 Å². The molecule has 0 spiro atoms. The summed E-state index contributed by atoms with van der Waals surface area (Å²) in [6.07, 6.45) is 0.842. The lowest BCUT2D eigenvalue weighted by Gasteiger charge is -2.28. The highest BCUT2D eigenvalue weighted by Gasteiger charge is 2.29. The Bertz CT molecular complexity index is 919. The van der Waals surface area contributed by atoms with Gasteiger partial charge in [0.15, 0.2) is 11.6 Å². The highest BCUT2D eigenvalue weighted by Crippen LogP contribution is 2.23. The standard InChI is InChI=1S/C17H17F3N2O3S/c1-11(17(23)21-10-12-5-3-4-6-14(12)18)22(26(2,24)25)13-7-8-15(19)16(20)9-13/h3-9,11H,10H2,1-2H3,(H,21,23). The number of nitrogens with one attached hydrogen (secondary N) is 1. The van der Waals surface area contributed by atoms with Gasteiger partial charge in [0, 0.05) is 18.2 Å². The summed E-state index contributed by atoms with van der Waals surface area (Å²) in [5, 5.41) is 2.44. The third-order valence-electron chi connectivity index (χ3n) is 3.66. The van der Waals surface area contributed by atoms with Crippen molar-refractivity contribution >= 4 is 21.6 Å². The summed E-state index contributed by atoms with van der Waals surface area (Å²) in [6.45, 7) is 1.14. The zero-order valence-electron chi connectivity index (χ0n) is 14.0. The average molecular weight is 386 g/mol. The van der Waals surface area contributed by atoms with Gasteiger partial charge >= 0.3 is 0 Å². The van der Waals surface area contributed by atoms with Crippen molar-refractivity contribution in [3.8, 4) is 0 Å². The first-order valence-electron chi connectivity index (χ1n) is 7.57. The van der Waals surface area contributed by atoms with Gasteiger partial charge in [-0.3, -0.25) is 9.10 Å². The van der Waals surface area contributed by atoms with Crippen LogP contribution in [0.5, 0.6) is 0 Å². The molecular weight excluding hydrogens is 369 g/mol. The van der Waals surface area contributed by atoms with E-state index in [4.69, 9.17) is 0 Å². The molecule has 1 amide bonds. The van der Waals surface area contributed by atoms with E-state index in [0.29, 0.717) is 10.4 Å². The van der Waals surface area contributed by atoms with Crippen LogP contribution in [0, 0.1) is 17.5 Å². The Hall–Kier alpha value is -2.55. The third-order valence-corrected chi connectivity index (χ3v) is 4.90. The van der Waals surface area contributed by atoms with E-state index in [-0.39, 0.29) is 17.8 Å². The van der Waals surface area contributed by atoms with Crippen LogP contribution in [0.3, 0.4) is 0 Å². The molecule has 1 unspecified atom stereocenters. The van der Waals surface area contributed by atoms with Gasteiger partial charge in [-0.1, -0.05) is 18.2 Å². The number of rotatable bonds is 6. The summed E-state index contributed by atoms with van der Waals surface area (Å²) in [5.41, 5.74) is 0.0340. The Morgan fingerprint density at radius 1 is 1.08 bits per heavy atom. The molecular formula is C17H17F3N2O3S. The second kappa shape index (κ2) is 7.77. The fourth-order valence-corrected chi connectivity index (χ4v) is 3.57. The molecule has 0 aliphatic rings. The maximum Gasteiger partial charge on any atom is 0.243 e. The van der Waals surface area contributed by atoms with Crippen molar-refractivity contribution < 1.29 is 26.4 Å². The minimum Gasteiger partial charge on any atom is -0.350 e. The largest absolute Gasteiger partial charge is 0.350 e. The first-order valence-corrected chi connectivity index (χ1v) is 9.41. The lowest BCUT2D eigenvalue weighted by atomic mass is 10.2. The van der Waals surface area contributed by atoms with E-state index >= 15 is 0 Å². The molecule has 0 aliphatic heterocycles. The molecule has 2 rings (SSSR count). The molecule has 0 fully saturated rings. The molecule has 5 nitrogen and oxygen atoms in total. The summed E-state index contributed by atoms with van der Waals surface area (Å²) >= 11 is 0. The fourth-order valence-electron chi connectivity index (χ4n) is 2.40. The molecule has 0 heterocycles. The number of anilines is 1. The Morgan fingerprint density at radius 3 is 2.31 bits per heavy atom. The van der Waals surface area contributed by atoms with Crippen molar-refractivity contribution in [2.45, 2.75) is 19.5 Å². The van der Waals surface area contributed by atoms with Crippen LogP contribution in [0.4, 0.5) is 18.9 Å². The van der Waals surface area contributed by atoms with E-state index in [1.165, 1.54) is 25.1 Å². The van der Waals surface area contributed by atoms with Crippen molar-refractivity contribution in [3.05, 3.63) is 65.5 Å². The van der Waals surface area contributed by atoms with Gasteiger partial charge in [-0.05, 0) is 25.1 Å². The lowest BCUT2D eigenvalue weighted by Crippen LogP contribution is -2.47. The monoisotopic (exact) mass is 386 g/mol. The number of halogens is 3. The predicted molar refractivity (Wildman–Crippen MR) is 91.4 cm³/mol. The number of sulfonamides is 1. The second-order valence-corrected chi connectivity index (χ2v) is 7.50. The van der Waals surface area contributed by atoms with Crippen LogP contribution in [-0.4, -0.2) is 26.6 Å². The van der Waals surface area contributed by atoms with Gasteiger partial charge in [0.1, 0.15) is 11.9 Å². The highest BCUT2D eigenvalue weighted by molar-refractivity contribution is 7.92. The zero-order chi connectivity index (χ0) is 19.5. The van der Waals surface area contributed by atoms with E-state index in [2.05, 4.69) is 5.32 Å². The third kappa shape index (κ3) is 4.54. The van der Waals surface area contributed by atoms with Gasteiger partial charge in [-0.2, -0.15) is 0 Å².